The van der Waals surface area contributed by atoms with Gasteiger partial charge in [-0.25, -0.2) is 4.79 Å². The van der Waals surface area contributed by atoms with Crippen molar-refractivity contribution in [2.75, 3.05) is 11.5 Å². The van der Waals surface area contributed by atoms with E-state index in [1.54, 1.807) is 36.4 Å². The van der Waals surface area contributed by atoms with Gasteiger partial charge in [-0.05, 0) is 49.2 Å². The van der Waals surface area contributed by atoms with Crippen molar-refractivity contribution < 1.29 is 29.2 Å². The Hall–Kier alpha value is -4.79. The molecule has 1 amide bonds. The first-order valence-electron chi connectivity index (χ1n) is 11.6. The van der Waals surface area contributed by atoms with Gasteiger partial charge >= 0.3 is 5.97 Å². The van der Waals surface area contributed by atoms with E-state index in [9.17, 15) is 29.6 Å². The third-order valence-corrected chi connectivity index (χ3v) is 5.95. The van der Waals surface area contributed by atoms with Gasteiger partial charge in [0.25, 0.3) is 17.4 Å². The lowest BCUT2D eigenvalue weighted by Gasteiger charge is -2.26. The van der Waals surface area contributed by atoms with Gasteiger partial charge in [-0.3, -0.25) is 24.6 Å². The molecule has 3 aromatic rings. The van der Waals surface area contributed by atoms with Crippen LogP contribution < -0.4 is 4.90 Å². The minimum absolute atomic E-state index is 0.151. The van der Waals surface area contributed by atoms with Crippen LogP contribution in [0.5, 0.6) is 0 Å². The zero-order valence-corrected chi connectivity index (χ0v) is 20.2. The number of aryl methyl sites for hydroxylation is 1. The number of aliphatic hydroxyl groups excluding tert-OH is 1. The molecule has 1 N–H and O–H groups in total. The third kappa shape index (κ3) is 4.97. The molecule has 0 radical (unpaired) electrons. The average molecular weight is 501 g/mol. The molecule has 1 unspecified atom stereocenters. The van der Waals surface area contributed by atoms with Crippen molar-refractivity contribution in [3.05, 3.63) is 111 Å². The van der Waals surface area contributed by atoms with Crippen LogP contribution in [-0.4, -0.2) is 34.3 Å². The second-order valence-corrected chi connectivity index (χ2v) is 8.57. The number of hydrogen-bond acceptors (Lipinski definition) is 7. The molecule has 1 atom stereocenters. The first-order valence-corrected chi connectivity index (χ1v) is 11.6. The number of non-ortho nitro benzene ring substituents is 1. The predicted octanol–water partition coefficient (Wildman–Crippen LogP) is 5.10. The summed E-state index contributed by atoms with van der Waals surface area (Å²) in [6, 6.07) is 17.4. The number of Topliss-reactive ketones (excluding diaryl/α,β-unsaturated/α-hetero) is 1. The summed E-state index contributed by atoms with van der Waals surface area (Å²) in [4.78, 5) is 50.8. The normalized spacial score (nSPS) is 16.6. The molecule has 1 aliphatic rings. The highest BCUT2D eigenvalue weighted by molar-refractivity contribution is 6.51. The van der Waals surface area contributed by atoms with E-state index in [0.717, 1.165) is 5.56 Å². The van der Waals surface area contributed by atoms with Crippen LogP contribution in [0.25, 0.3) is 5.76 Å². The lowest BCUT2D eigenvalue weighted by atomic mass is 9.94. The van der Waals surface area contributed by atoms with Crippen LogP contribution in [0.3, 0.4) is 0 Å². The van der Waals surface area contributed by atoms with E-state index < -0.39 is 34.4 Å². The molecule has 9 heteroatoms. The van der Waals surface area contributed by atoms with E-state index >= 15 is 0 Å². The third-order valence-electron chi connectivity index (χ3n) is 5.95. The highest BCUT2D eigenvalue weighted by Crippen LogP contribution is 2.42. The van der Waals surface area contributed by atoms with Gasteiger partial charge in [0.2, 0.25) is 0 Å². The number of carbonyl (C=O) groups excluding carboxylic acids is 3. The van der Waals surface area contributed by atoms with Crippen LogP contribution in [0.4, 0.5) is 11.4 Å². The van der Waals surface area contributed by atoms with Crippen LogP contribution in [0.1, 0.15) is 46.4 Å². The summed E-state index contributed by atoms with van der Waals surface area (Å²) in [5, 5.41) is 22.2. The molecule has 3 aromatic carbocycles. The monoisotopic (exact) mass is 500 g/mol. The van der Waals surface area contributed by atoms with Crippen LogP contribution in [0.15, 0.2) is 78.4 Å². The Kier molecular flexibility index (Phi) is 7.15. The molecule has 0 bridgehead atoms. The standard InChI is InChI=1S/C28H24N2O7/c1-3-14-37-28(34)20-8-5-9-22(16-20)29-24(19-7-4-6-17(2)15-19)23(26(32)27(29)33)25(31)18-10-12-21(13-11-18)30(35)36/h4-13,15-16,24,31H,3,14H2,1-2H3/b25-23+. The van der Waals surface area contributed by atoms with Crippen LogP contribution in [0, 0.1) is 17.0 Å². The van der Waals surface area contributed by atoms with E-state index in [-0.39, 0.29) is 34.7 Å². The molecule has 37 heavy (non-hydrogen) atoms. The van der Waals surface area contributed by atoms with Crippen molar-refractivity contribution in [3.63, 3.8) is 0 Å². The lowest BCUT2D eigenvalue weighted by molar-refractivity contribution is -0.384. The topological polar surface area (TPSA) is 127 Å². The maximum atomic E-state index is 13.3. The molecule has 0 aromatic heterocycles. The van der Waals surface area contributed by atoms with Gasteiger partial charge in [-0.1, -0.05) is 42.8 Å². The lowest BCUT2D eigenvalue weighted by Crippen LogP contribution is -2.29. The molecule has 1 heterocycles. The number of aliphatic hydroxyl groups is 1. The molecule has 188 valence electrons. The molecule has 4 rings (SSSR count). The number of amides is 1. The van der Waals surface area contributed by atoms with Crippen LogP contribution in [-0.2, 0) is 14.3 Å². The highest BCUT2D eigenvalue weighted by Gasteiger charge is 2.47. The van der Waals surface area contributed by atoms with Crippen molar-refractivity contribution >= 4 is 34.8 Å². The minimum Gasteiger partial charge on any atom is -0.507 e. The zero-order chi connectivity index (χ0) is 26.7. The first kappa shape index (κ1) is 25.3. The minimum atomic E-state index is -1.00. The average Bonchev–Trinajstić information content (AvgIpc) is 3.17. The Morgan fingerprint density at radius 1 is 1.03 bits per heavy atom. The molecular weight excluding hydrogens is 476 g/mol. The number of anilines is 1. The number of ketones is 1. The van der Waals surface area contributed by atoms with E-state index in [0.29, 0.717) is 12.0 Å². The largest absolute Gasteiger partial charge is 0.507 e. The molecule has 9 nitrogen and oxygen atoms in total. The fourth-order valence-corrected chi connectivity index (χ4v) is 4.21. The number of carbonyl (C=O) groups is 3. The van der Waals surface area contributed by atoms with Crippen LogP contribution >= 0.6 is 0 Å². The summed E-state index contributed by atoms with van der Waals surface area (Å²) in [5.74, 6) is -2.81. The Morgan fingerprint density at radius 3 is 2.38 bits per heavy atom. The molecule has 0 aliphatic carbocycles. The quantitative estimate of drug-likeness (QED) is 0.119. The van der Waals surface area contributed by atoms with Gasteiger partial charge in [0.15, 0.2) is 0 Å². The molecule has 1 saturated heterocycles. The van der Waals surface area contributed by atoms with Crippen molar-refractivity contribution in [3.8, 4) is 0 Å². The fraction of sp³-hybridized carbons (Fsp3) is 0.179. The van der Waals surface area contributed by atoms with Crippen molar-refractivity contribution in [2.45, 2.75) is 26.3 Å². The van der Waals surface area contributed by atoms with Crippen molar-refractivity contribution in [1.29, 1.82) is 0 Å². The van der Waals surface area contributed by atoms with Gasteiger partial charge in [0.05, 0.1) is 28.7 Å². The molecular formula is C28H24N2O7. The summed E-state index contributed by atoms with van der Waals surface area (Å²) in [5.41, 5.74) is 1.74. The van der Waals surface area contributed by atoms with E-state index in [1.165, 1.54) is 35.2 Å². The number of nitro groups is 1. The second kappa shape index (κ2) is 10.4. The maximum Gasteiger partial charge on any atom is 0.338 e. The van der Waals surface area contributed by atoms with E-state index in [4.69, 9.17) is 4.74 Å². The summed E-state index contributed by atoms with van der Waals surface area (Å²) < 4.78 is 5.21. The summed E-state index contributed by atoms with van der Waals surface area (Å²) in [7, 11) is 0. The van der Waals surface area contributed by atoms with Gasteiger partial charge < -0.3 is 9.84 Å². The first-order chi connectivity index (χ1) is 17.7. The molecule has 1 aliphatic heterocycles. The Labute approximate surface area is 212 Å². The zero-order valence-electron chi connectivity index (χ0n) is 20.2. The van der Waals surface area contributed by atoms with Gasteiger partial charge in [-0.15, -0.1) is 0 Å². The van der Waals surface area contributed by atoms with Gasteiger partial charge in [-0.2, -0.15) is 0 Å². The van der Waals surface area contributed by atoms with E-state index in [2.05, 4.69) is 0 Å². The Balaban J connectivity index is 1.87. The fourth-order valence-electron chi connectivity index (χ4n) is 4.21. The van der Waals surface area contributed by atoms with Gasteiger partial charge in [0.1, 0.15) is 5.76 Å². The molecule has 0 spiro atoms. The van der Waals surface area contributed by atoms with Crippen LogP contribution in [0.2, 0.25) is 0 Å². The number of nitro benzene ring substituents is 1. The van der Waals surface area contributed by atoms with Gasteiger partial charge in [0, 0.05) is 23.4 Å². The van der Waals surface area contributed by atoms with E-state index in [1.807, 2.05) is 19.9 Å². The highest BCUT2D eigenvalue weighted by atomic mass is 16.6. The van der Waals surface area contributed by atoms with Crippen molar-refractivity contribution in [1.82, 2.24) is 0 Å². The number of esters is 1. The SMILES string of the molecule is CCCOC(=O)c1cccc(N2C(=O)C(=O)/C(=C(/O)c3ccc([N+](=O)[O-])cc3)C2c2cccc(C)c2)c1. The summed E-state index contributed by atoms with van der Waals surface area (Å²) >= 11 is 0. The number of nitrogens with zero attached hydrogens (tertiary/aromatic N) is 2. The number of ether oxygens (including phenoxy) is 1. The summed E-state index contributed by atoms with van der Waals surface area (Å²) in [6.45, 7) is 3.97. The number of hydrogen-bond donors (Lipinski definition) is 1. The maximum absolute atomic E-state index is 13.3. The smallest absolute Gasteiger partial charge is 0.338 e. The summed E-state index contributed by atoms with van der Waals surface area (Å²) in [6.07, 6.45) is 0.649. The molecule has 0 saturated carbocycles. The predicted molar refractivity (Wildman–Crippen MR) is 136 cm³/mol. The number of benzene rings is 3. The van der Waals surface area contributed by atoms with Crippen molar-refractivity contribution in [2.24, 2.45) is 0 Å². The Bertz CT molecular complexity index is 1430. The Morgan fingerprint density at radius 2 is 1.73 bits per heavy atom. The number of rotatable bonds is 7. The molecule has 1 fully saturated rings. The second-order valence-electron chi connectivity index (χ2n) is 8.57.